The Morgan fingerprint density at radius 3 is 2.58 bits per heavy atom. The second-order valence-corrected chi connectivity index (χ2v) is 4.72. The minimum atomic E-state index is -0.279. The summed E-state index contributed by atoms with van der Waals surface area (Å²) >= 11 is 1.49. The first-order valence-electron chi connectivity index (χ1n) is 5.58. The number of thiophene rings is 1. The monoisotopic (exact) mass is 269 g/mol. The summed E-state index contributed by atoms with van der Waals surface area (Å²) in [5.74, 6) is 0.399. The smallest absolute Gasteiger partial charge is 0.203 e. The maximum atomic E-state index is 12.2. The molecule has 0 unspecified atom stereocenters. The number of hydrogen-bond donors (Lipinski definition) is 0. The van der Waals surface area contributed by atoms with Crippen LogP contribution in [0, 0.1) is 11.3 Å². The zero-order chi connectivity index (χ0) is 13.7. The predicted octanol–water partition coefficient (Wildman–Crippen LogP) is 3.55. The van der Waals surface area contributed by atoms with Crippen LogP contribution in [0.3, 0.4) is 0 Å². The number of ketones is 1. The zero-order valence-corrected chi connectivity index (χ0v) is 11.1. The highest BCUT2D eigenvalue weighted by Gasteiger charge is 2.12. The third-order valence-electron chi connectivity index (χ3n) is 2.55. The standard InChI is InChI=1S/C15H11NO2S/c1-18-13-6-4-11(5-7-13)15(17)12(10-16)9-14-3-2-8-19-14/h2-9H,1H3/b12-9+. The fourth-order valence-corrected chi connectivity index (χ4v) is 2.22. The Morgan fingerprint density at radius 1 is 1.32 bits per heavy atom. The number of benzene rings is 1. The van der Waals surface area contributed by atoms with Gasteiger partial charge in [0.05, 0.1) is 7.11 Å². The van der Waals surface area contributed by atoms with E-state index in [1.54, 1.807) is 37.5 Å². The number of nitrogens with zero attached hydrogens (tertiary/aromatic N) is 1. The van der Waals surface area contributed by atoms with Gasteiger partial charge in [-0.15, -0.1) is 11.3 Å². The van der Waals surface area contributed by atoms with Crippen LogP contribution in [-0.4, -0.2) is 12.9 Å². The van der Waals surface area contributed by atoms with E-state index in [4.69, 9.17) is 10.00 Å². The first kappa shape index (κ1) is 13.1. The average Bonchev–Trinajstić information content (AvgIpc) is 2.97. The van der Waals surface area contributed by atoms with Gasteiger partial charge in [-0.3, -0.25) is 4.79 Å². The van der Waals surface area contributed by atoms with Gasteiger partial charge in [-0.2, -0.15) is 5.26 Å². The third-order valence-corrected chi connectivity index (χ3v) is 3.37. The number of Topliss-reactive ketones (excluding diaryl/α,β-unsaturated/α-hetero) is 1. The highest BCUT2D eigenvalue weighted by Crippen LogP contribution is 2.18. The van der Waals surface area contributed by atoms with Gasteiger partial charge in [0.2, 0.25) is 5.78 Å². The molecule has 1 aromatic carbocycles. The third kappa shape index (κ3) is 3.09. The maximum Gasteiger partial charge on any atom is 0.203 e. The van der Waals surface area contributed by atoms with E-state index >= 15 is 0 Å². The van der Waals surface area contributed by atoms with E-state index in [9.17, 15) is 4.79 Å². The Kier molecular flexibility index (Phi) is 4.11. The van der Waals surface area contributed by atoms with Crippen molar-refractivity contribution in [3.05, 3.63) is 57.8 Å². The first-order valence-corrected chi connectivity index (χ1v) is 6.46. The summed E-state index contributed by atoms with van der Waals surface area (Å²) in [5, 5.41) is 11.0. The normalized spacial score (nSPS) is 10.8. The number of carbonyl (C=O) groups is 1. The molecule has 1 aromatic heterocycles. The zero-order valence-electron chi connectivity index (χ0n) is 10.3. The minimum absolute atomic E-state index is 0.132. The highest BCUT2D eigenvalue weighted by molar-refractivity contribution is 7.10. The molecular weight excluding hydrogens is 258 g/mol. The fourth-order valence-electron chi connectivity index (χ4n) is 1.56. The number of rotatable bonds is 4. The van der Waals surface area contributed by atoms with E-state index in [2.05, 4.69) is 0 Å². The molecule has 0 fully saturated rings. The van der Waals surface area contributed by atoms with Gasteiger partial charge in [-0.25, -0.2) is 0 Å². The summed E-state index contributed by atoms with van der Waals surface area (Å²) in [4.78, 5) is 13.1. The van der Waals surface area contributed by atoms with Crippen molar-refractivity contribution in [1.29, 1.82) is 5.26 Å². The molecule has 0 spiro atoms. The average molecular weight is 269 g/mol. The van der Waals surface area contributed by atoms with Crippen molar-refractivity contribution in [1.82, 2.24) is 0 Å². The van der Waals surface area contributed by atoms with Gasteiger partial charge in [0.1, 0.15) is 17.4 Å². The van der Waals surface area contributed by atoms with E-state index in [1.807, 2.05) is 23.6 Å². The highest BCUT2D eigenvalue weighted by atomic mass is 32.1. The second kappa shape index (κ2) is 5.98. The number of hydrogen-bond acceptors (Lipinski definition) is 4. The van der Waals surface area contributed by atoms with Gasteiger partial charge in [-0.05, 0) is 41.8 Å². The molecule has 2 rings (SSSR count). The van der Waals surface area contributed by atoms with Crippen LogP contribution in [0.4, 0.5) is 0 Å². The van der Waals surface area contributed by atoms with Crippen LogP contribution < -0.4 is 4.74 Å². The van der Waals surface area contributed by atoms with Crippen LogP contribution in [-0.2, 0) is 0 Å². The quantitative estimate of drug-likeness (QED) is 0.484. The van der Waals surface area contributed by atoms with Crippen molar-refractivity contribution in [2.24, 2.45) is 0 Å². The molecule has 1 heterocycles. The lowest BCUT2D eigenvalue weighted by molar-refractivity contribution is 0.104. The topological polar surface area (TPSA) is 50.1 Å². The molecular formula is C15H11NO2S. The lowest BCUT2D eigenvalue weighted by atomic mass is 10.0. The van der Waals surface area contributed by atoms with E-state index < -0.39 is 0 Å². The Balaban J connectivity index is 2.28. The molecule has 94 valence electrons. The Hall–Kier alpha value is -2.38. The molecule has 0 aliphatic heterocycles. The fraction of sp³-hybridized carbons (Fsp3) is 0.0667. The second-order valence-electron chi connectivity index (χ2n) is 3.74. The summed E-state index contributed by atoms with van der Waals surface area (Å²) in [6.07, 6.45) is 1.61. The lowest BCUT2D eigenvalue weighted by Gasteiger charge is -2.01. The molecule has 0 aliphatic carbocycles. The van der Waals surface area contributed by atoms with Crippen LogP contribution >= 0.6 is 11.3 Å². The van der Waals surface area contributed by atoms with Crippen molar-refractivity contribution in [2.45, 2.75) is 0 Å². The summed E-state index contributed by atoms with van der Waals surface area (Å²) in [6, 6.07) is 12.4. The summed E-state index contributed by atoms with van der Waals surface area (Å²) in [7, 11) is 1.56. The Labute approximate surface area is 115 Å². The first-order chi connectivity index (χ1) is 9.24. The number of allylic oxidation sites excluding steroid dienone is 1. The molecule has 3 nitrogen and oxygen atoms in total. The van der Waals surface area contributed by atoms with Crippen molar-refractivity contribution >= 4 is 23.2 Å². The van der Waals surface area contributed by atoms with Crippen LogP contribution in [0.25, 0.3) is 6.08 Å². The molecule has 0 bridgehead atoms. The van der Waals surface area contributed by atoms with Gasteiger partial charge in [0.15, 0.2) is 0 Å². The number of ether oxygens (including phenoxy) is 1. The van der Waals surface area contributed by atoms with Crippen molar-refractivity contribution in [3.8, 4) is 11.8 Å². The van der Waals surface area contributed by atoms with E-state index in [1.165, 1.54) is 11.3 Å². The number of carbonyl (C=O) groups excluding carboxylic acids is 1. The van der Waals surface area contributed by atoms with Crippen LogP contribution in [0.5, 0.6) is 5.75 Å². The van der Waals surface area contributed by atoms with Crippen molar-refractivity contribution < 1.29 is 9.53 Å². The Bertz CT molecular complexity index is 634. The van der Waals surface area contributed by atoms with Gasteiger partial charge in [0, 0.05) is 10.4 Å². The summed E-state index contributed by atoms with van der Waals surface area (Å²) in [6.45, 7) is 0. The number of methoxy groups -OCH3 is 1. The van der Waals surface area contributed by atoms with E-state index in [-0.39, 0.29) is 11.4 Å². The van der Waals surface area contributed by atoms with Crippen molar-refractivity contribution in [2.75, 3.05) is 7.11 Å². The molecule has 0 saturated carbocycles. The maximum absolute atomic E-state index is 12.2. The molecule has 2 aromatic rings. The molecule has 0 aliphatic rings. The Morgan fingerprint density at radius 2 is 2.05 bits per heavy atom. The lowest BCUT2D eigenvalue weighted by Crippen LogP contribution is -2.01. The molecule has 0 atom stereocenters. The van der Waals surface area contributed by atoms with Crippen LogP contribution in [0.2, 0.25) is 0 Å². The molecule has 0 radical (unpaired) electrons. The molecule has 0 N–H and O–H groups in total. The predicted molar refractivity (Wildman–Crippen MR) is 75.2 cm³/mol. The van der Waals surface area contributed by atoms with Crippen LogP contribution in [0.15, 0.2) is 47.4 Å². The molecule has 0 amide bonds. The molecule has 0 saturated heterocycles. The summed E-state index contributed by atoms with van der Waals surface area (Å²) < 4.78 is 5.03. The van der Waals surface area contributed by atoms with Gasteiger partial charge in [0.25, 0.3) is 0 Å². The largest absolute Gasteiger partial charge is 0.497 e. The number of nitriles is 1. The molecule has 4 heteroatoms. The van der Waals surface area contributed by atoms with Gasteiger partial charge >= 0.3 is 0 Å². The summed E-state index contributed by atoms with van der Waals surface area (Å²) in [5.41, 5.74) is 0.609. The van der Waals surface area contributed by atoms with E-state index in [0.717, 1.165) is 4.88 Å². The molecule has 19 heavy (non-hydrogen) atoms. The van der Waals surface area contributed by atoms with Gasteiger partial charge in [-0.1, -0.05) is 6.07 Å². The SMILES string of the molecule is COc1ccc(C(=O)/C(C#N)=C/c2cccs2)cc1. The minimum Gasteiger partial charge on any atom is -0.497 e. The van der Waals surface area contributed by atoms with Crippen molar-refractivity contribution in [3.63, 3.8) is 0 Å². The van der Waals surface area contributed by atoms with Crippen LogP contribution in [0.1, 0.15) is 15.2 Å². The van der Waals surface area contributed by atoms with E-state index in [0.29, 0.717) is 11.3 Å². The van der Waals surface area contributed by atoms with Gasteiger partial charge < -0.3 is 4.74 Å².